The standard InChI is InChI=1S/C15H19NO3/c1-15(2,8-7-13(17)18)16-14(19)12-9-10-5-3-4-6-11(10)12/h3-6,12H,7-9H2,1-2H3,(H,16,19)(H,17,18). The average molecular weight is 261 g/mol. The van der Waals surface area contributed by atoms with Gasteiger partial charge in [0.15, 0.2) is 0 Å². The minimum absolute atomic E-state index is 0.00547. The maximum absolute atomic E-state index is 12.2. The van der Waals surface area contributed by atoms with Gasteiger partial charge in [0.1, 0.15) is 0 Å². The summed E-state index contributed by atoms with van der Waals surface area (Å²) in [7, 11) is 0. The van der Waals surface area contributed by atoms with Crippen molar-refractivity contribution in [2.45, 2.75) is 44.6 Å². The van der Waals surface area contributed by atoms with Crippen LogP contribution in [0.5, 0.6) is 0 Å². The molecule has 1 unspecified atom stereocenters. The summed E-state index contributed by atoms with van der Waals surface area (Å²) >= 11 is 0. The van der Waals surface area contributed by atoms with Crippen LogP contribution in [0.1, 0.15) is 43.7 Å². The fourth-order valence-corrected chi connectivity index (χ4v) is 2.40. The van der Waals surface area contributed by atoms with Gasteiger partial charge in [-0.1, -0.05) is 24.3 Å². The molecule has 2 rings (SSSR count). The Morgan fingerprint density at radius 2 is 2.05 bits per heavy atom. The van der Waals surface area contributed by atoms with Crippen molar-refractivity contribution in [1.29, 1.82) is 0 Å². The van der Waals surface area contributed by atoms with Crippen molar-refractivity contribution >= 4 is 11.9 Å². The third-order valence-corrected chi connectivity index (χ3v) is 3.60. The monoisotopic (exact) mass is 261 g/mol. The SMILES string of the molecule is CC(C)(CCC(=O)O)NC(=O)C1Cc2ccccc21. The normalized spacial score (nSPS) is 17.3. The molecule has 1 amide bonds. The van der Waals surface area contributed by atoms with Crippen LogP contribution >= 0.6 is 0 Å². The van der Waals surface area contributed by atoms with Crippen LogP contribution in [0.4, 0.5) is 0 Å². The van der Waals surface area contributed by atoms with Gasteiger partial charge < -0.3 is 10.4 Å². The van der Waals surface area contributed by atoms with Crippen molar-refractivity contribution in [2.24, 2.45) is 0 Å². The highest BCUT2D eigenvalue weighted by Crippen LogP contribution is 2.35. The fourth-order valence-electron chi connectivity index (χ4n) is 2.40. The van der Waals surface area contributed by atoms with E-state index in [0.717, 1.165) is 12.0 Å². The molecule has 2 N–H and O–H groups in total. The first-order valence-corrected chi connectivity index (χ1v) is 6.51. The van der Waals surface area contributed by atoms with E-state index < -0.39 is 11.5 Å². The zero-order valence-corrected chi connectivity index (χ0v) is 11.3. The lowest BCUT2D eigenvalue weighted by Crippen LogP contribution is -2.47. The molecule has 19 heavy (non-hydrogen) atoms. The number of carbonyl (C=O) groups is 2. The van der Waals surface area contributed by atoms with Crippen LogP contribution in [0, 0.1) is 0 Å². The summed E-state index contributed by atoms with van der Waals surface area (Å²) in [5, 5.41) is 11.6. The van der Waals surface area contributed by atoms with E-state index in [2.05, 4.69) is 5.32 Å². The Labute approximate surface area is 112 Å². The zero-order chi connectivity index (χ0) is 14.0. The van der Waals surface area contributed by atoms with Gasteiger partial charge in [-0.3, -0.25) is 9.59 Å². The summed E-state index contributed by atoms with van der Waals surface area (Å²) in [6.07, 6.45) is 1.27. The average Bonchev–Trinajstić information content (AvgIpc) is 2.28. The number of nitrogens with one attached hydrogen (secondary N) is 1. The first kappa shape index (κ1) is 13.6. The molecule has 0 spiro atoms. The smallest absolute Gasteiger partial charge is 0.303 e. The Morgan fingerprint density at radius 1 is 1.37 bits per heavy atom. The molecule has 1 aromatic rings. The van der Waals surface area contributed by atoms with E-state index in [1.54, 1.807) is 0 Å². The molecule has 0 saturated carbocycles. The van der Waals surface area contributed by atoms with Crippen molar-refractivity contribution in [3.05, 3.63) is 35.4 Å². The fraction of sp³-hybridized carbons (Fsp3) is 0.467. The molecule has 0 fully saturated rings. The molecule has 0 heterocycles. The molecule has 1 aliphatic carbocycles. The number of rotatable bonds is 5. The lowest BCUT2D eigenvalue weighted by molar-refractivity contribution is -0.138. The summed E-state index contributed by atoms with van der Waals surface area (Å²) < 4.78 is 0. The molecule has 0 aliphatic heterocycles. The highest BCUT2D eigenvalue weighted by atomic mass is 16.4. The van der Waals surface area contributed by atoms with Gasteiger partial charge in [0, 0.05) is 12.0 Å². The zero-order valence-electron chi connectivity index (χ0n) is 11.3. The molecule has 4 nitrogen and oxygen atoms in total. The number of carboxylic acid groups (broad SMARTS) is 1. The molecular formula is C15H19NO3. The third-order valence-electron chi connectivity index (χ3n) is 3.60. The molecule has 1 aliphatic rings. The first-order chi connectivity index (χ1) is 8.89. The van der Waals surface area contributed by atoms with E-state index in [1.165, 1.54) is 5.56 Å². The number of fused-ring (bicyclic) bond motifs is 1. The van der Waals surface area contributed by atoms with Crippen LogP contribution in [0.25, 0.3) is 0 Å². The molecular weight excluding hydrogens is 242 g/mol. The maximum Gasteiger partial charge on any atom is 0.303 e. The van der Waals surface area contributed by atoms with Crippen molar-refractivity contribution in [2.75, 3.05) is 0 Å². The number of amides is 1. The summed E-state index contributed by atoms with van der Waals surface area (Å²) in [5.41, 5.74) is 1.83. The molecule has 1 aromatic carbocycles. The molecule has 0 saturated heterocycles. The van der Waals surface area contributed by atoms with Crippen LogP contribution in [0.2, 0.25) is 0 Å². The summed E-state index contributed by atoms with van der Waals surface area (Å²) in [6.45, 7) is 3.72. The van der Waals surface area contributed by atoms with Crippen LogP contribution < -0.4 is 5.32 Å². The Kier molecular flexibility index (Phi) is 3.60. The highest BCUT2D eigenvalue weighted by Gasteiger charge is 2.34. The van der Waals surface area contributed by atoms with E-state index in [4.69, 9.17) is 5.11 Å². The Balaban J connectivity index is 1.94. The predicted octanol–water partition coefficient (Wildman–Crippen LogP) is 2.09. The lowest BCUT2D eigenvalue weighted by Gasteiger charge is -2.33. The number of benzene rings is 1. The van der Waals surface area contributed by atoms with Gasteiger partial charge >= 0.3 is 5.97 Å². The van der Waals surface area contributed by atoms with Crippen molar-refractivity contribution in [3.63, 3.8) is 0 Å². The van der Waals surface area contributed by atoms with E-state index in [9.17, 15) is 9.59 Å². The number of carboxylic acids is 1. The van der Waals surface area contributed by atoms with Gasteiger partial charge in [0.05, 0.1) is 5.92 Å². The Morgan fingerprint density at radius 3 is 2.68 bits per heavy atom. The van der Waals surface area contributed by atoms with Gasteiger partial charge in [0.25, 0.3) is 0 Å². The van der Waals surface area contributed by atoms with Crippen LogP contribution in [-0.2, 0) is 16.0 Å². The topological polar surface area (TPSA) is 66.4 Å². The minimum Gasteiger partial charge on any atom is -0.481 e. The molecule has 0 radical (unpaired) electrons. The molecule has 0 aromatic heterocycles. The Hall–Kier alpha value is -1.84. The summed E-state index contributed by atoms with van der Waals surface area (Å²) in [6, 6.07) is 7.93. The van der Waals surface area contributed by atoms with Crippen molar-refractivity contribution in [1.82, 2.24) is 5.32 Å². The van der Waals surface area contributed by atoms with Gasteiger partial charge in [-0.25, -0.2) is 0 Å². The number of aliphatic carboxylic acids is 1. The van der Waals surface area contributed by atoms with E-state index in [0.29, 0.717) is 6.42 Å². The lowest BCUT2D eigenvalue weighted by atomic mass is 9.76. The molecule has 102 valence electrons. The quantitative estimate of drug-likeness (QED) is 0.853. The molecule has 4 heteroatoms. The summed E-state index contributed by atoms with van der Waals surface area (Å²) in [5.74, 6) is -0.925. The second-order valence-corrected chi connectivity index (χ2v) is 5.72. The second kappa shape index (κ2) is 5.03. The van der Waals surface area contributed by atoms with Gasteiger partial charge in [-0.05, 0) is 37.8 Å². The Bertz CT molecular complexity index is 508. The number of hydrogen-bond acceptors (Lipinski definition) is 2. The number of carbonyl (C=O) groups excluding carboxylic acids is 1. The van der Waals surface area contributed by atoms with E-state index in [1.807, 2.05) is 38.1 Å². The van der Waals surface area contributed by atoms with Gasteiger partial charge in [0.2, 0.25) is 5.91 Å². The first-order valence-electron chi connectivity index (χ1n) is 6.51. The van der Waals surface area contributed by atoms with Crippen LogP contribution in [0.3, 0.4) is 0 Å². The minimum atomic E-state index is -0.837. The maximum atomic E-state index is 12.2. The predicted molar refractivity (Wildman–Crippen MR) is 72.0 cm³/mol. The van der Waals surface area contributed by atoms with Gasteiger partial charge in [-0.15, -0.1) is 0 Å². The highest BCUT2D eigenvalue weighted by molar-refractivity contribution is 5.87. The van der Waals surface area contributed by atoms with Crippen molar-refractivity contribution < 1.29 is 14.7 Å². The third kappa shape index (κ3) is 3.13. The summed E-state index contributed by atoms with van der Waals surface area (Å²) in [4.78, 5) is 22.8. The second-order valence-electron chi connectivity index (χ2n) is 5.72. The molecule has 0 bridgehead atoms. The van der Waals surface area contributed by atoms with Gasteiger partial charge in [-0.2, -0.15) is 0 Å². The largest absolute Gasteiger partial charge is 0.481 e. The number of hydrogen-bond donors (Lipinski definition) is 2. The molecule has 1 atom stereocenters. The van der Waals surface area contributed by atoms with E-state index in [-0.39, 0.29) is 18.2 Å². The van der Waals surface area contributed by atoms with E-state index >= 15 is 0 Å². The van der Waals surface area contributed by atoms with Crippen LogP contribution in [0.15, 0.2) is 24.3 Å². The van der Waals surface area contributed by atoms with Crippen molar-refractivity contribution in [3.8, 4) is 0 Å². The van der Waals surface area contributed by atoms with Crippen LogP contribution in [-0.4, -0.2) is 22.5 Å².